The Morgan fingerprint density at radius 1 is 1.04 bits per heavy atom. The van der Waals surface area contributed by atoms with Crippen molar-refractivity contribution in [2.24, 2.45) is 5.92 Å². The fraction of sp³-hybridized carbons (Fsp3) is 0.444. The number of carboxylic acid groups (broad SMARTS) is 1. The lowest BCUT2D eigenvalue weighted by Gasteiger charge is -2.55. The summed E-state index contributed by atoms with van der Waals surface area (Å²) in [6.45, 7) is 12.9. The van der Waals surface area contributed by atoms with Gasteiger partial charge in [0.15, 0.2) is 11.5 Å². The molecule has 0 spiro atoms. The predicted octanol–water partition coefficient (Wildman–Crippen LogP) is 8.58. The van der Waals surface area contributed by atoms with Crippen molar-refractivity contribution in [3.05, 3.63) is 81.5 Å². The van der Waals surface area contributed by atoms with Crippen LogP contribution in [0.3, 0.4) is 0 Å². The number of aromatic nitrogens is 3. The molecule has 48 heavy (non-hydrogen) atoms. The lowest BCUT2D eigenvalue weighted by Crippen LogP contribution is -2.62. The maximum absolute atomic E-state index is 13.9. The van der Waals surface area contributed by atoms with Crippen LogP contribution in [0.1, 0.15) is 96.9 Å². The summed E-state index contributed by atoms with van der Waals surface area (Å²) in [4.78, 5) is 33.0. The molecule has 1 amide bonds. The van der Waals surface area contributed by atoms with Gasteiger partial charge in [-0.25, -0.2) is 14.5 Å². The minimum atomic E-state index is -4.95. The van der Waals surface area contributed by atoms with Gasteiger partial charge in [0.2, 0.25) is 5.91 Å². The quantitative estimate of drug-likeness (QED) is 0.200. The number of hydrogen-bond acceptors (Lipinski definition) is 6. The highest BCUT2D eigenvalue weighted by Gasteiger charge is 2.51. The summed E-state index contributed by atoms with van der Waals surface area (Å²) in [5.41, 5.74) is 0.581. The molecule has 1 aromatic carbocycles. The van der Waals surface area contributed by atoms with E-state index in [4.69, 9.17) is 4.74 Å². The molecule has 6 rings (SSSR count). The van der Waals surface area contributed by atoms with Crippen LogP contribution in [0.25, 0.3) is 16.4 Å². The van der Waals surface area contributed by atoms with Crippen molar-refractivity contribution in [1.29, 1.82) is 0 Å². The molecule has 1 aliphatic heterocycles. The van der Waals surface area contributed by atoms with E-state index in [2.05, 4.69) is 54.8 Å². The van der Waals surface area contributed by atoms with Gasteiger partial charge in [0.1, 0.15) is 17.9 Å². The molecule has 0 atom stereocenters. The van der Waals surface area contributed by atoms with Gasteiger partial charge in [-0.05, 0) is 109 Å². The molecule has 2 fully saturated rings. The van der Waals surface area contributed by atoms with Crippen molar-refractivity contribution < 1.29 is 32.6 Å². The number of carboxylic acids is 1. The summed E-state index contributed by atoms with van der Waals surface area (Å²) in [7, 11) is 0. The molecular formula is C36H39F3N4O4S. The maximum Gasteiger partial charge on any atom is 0.434 e. The van der Waals surface area contributed by atoms with Crippen LogP contribution in [-0.4, -0.2) is 47.7 Å². The van der Waals surface area contributed by atoms with Gasteiger partial charge < -0.3 is 14.7 Å². The van der Waals surface area contributed by atoms with E-state index in [-0.39, 0.29) is 41.2 Å². The number of thiophene rings is 1. The number of ether oxygens (including phenoxy) is 1. The number of nitrogens with zero attached hydrogens (tertiary/aromatic N) is 4. The van der Waals surface area contributed by atoms with E-state index in [9.17, 15) is 27.9 Å². The van der Waals surface area contributed by atoms with Gasteiger partial charge in [-0.15, -0.1) is 11.3 Å². The summed E-state index contributed by atoms with van der Waals surface area (Å²) in [6, 6.07) is 12.9. The standard InChI is InChI=1S/C36H39F3N4O4S/c1-20-14-23(25-16-34(3,4)43(35(5,6)17-25)32(44)22-10-11-22)12-13-28(20)47-19-24-15-21(2)48-30(24)27-8-7-9-29(41-27)42-31(36(37,38)39)26(18-40-42)33(45)46/h7-9,12-15,18,22,25H,10-11,16-17,19H2,1-6H3,(H,45,46). The van der Waals surface area contributed by atoms with Crippen molar-refractivity contribution in [3.8, 4) is 22.1 Å². The molecule has 3 aromatic heterocycles. The minimum Gasteiger partial charge on any atom is -0.489 e. The number of rotatable bonds is 8. The monoisotopic (exact) mass is 680 g/mol. The first-order chi connectivity index (χ1) is 22.5. The Morgan fingerprint density at radius 3 is 2.33 bits per heavy atom. The predicted molar refractivity (Wildman–Crippen MR) is 177 cm³/mol. The number of alkyl halides is 3. The van der Waals surface area contributed by atoms with Crippen molar-refractivity contribution in [3.63, 3.8) is 0 Å². The molecule has 12 heteroatoms. The molecule has 254 valence electrons. The Hall–Kier alpha value is -4.19. The van der Waals surface area contributed by atoms with Crippen LogP contribution in [0.2, 0.25) is 0 Å². The van der Waals surface area contributed by atoms with Crippen molar-refractivity contribution in [2.45, 2.75) is 97.0 Å². The van der Waals surface area contributed by atoms with E-state index in [1.165, 1.54) is 23.0 Å². The first kappa shape index (κ1) is 33.7. The maximum atomic E-state index is 13.9. The number of carbonyl (C=O) groups excluding carboxylic acids is 1. The summed E-state index contributed by atoms with van der Waals surface area (Å²) in [5.74, 6) is -0.396. The number of aromatic carboxylic acids is 1. The Morgan fingerprint density at radius 2 is 1.73 bits per heavy atom. The third-order valence-corrected chi connectivity index (χ3v) is 10.4. The molecule has 1 N–H and O–H groups in total. The van der Waals surface area contributed by atoms with Crippen LogP contribution in [-0.2, 0) is 17.6 Å². The smallest absolute Gasteiger partial charge is 0.434 e. The second-order valence-corrected chi connectivity index (χ2v) is 15.5. The molecule has 4 heterocycles. The number of pyridine rings is 1. The minimum absolute atomic E-state index is 0.147. The van der Waals surface area contributed by atoms with Crippen molar-refractivity contribution in [1.82, 2.24) is 19.7 Å². The molecule has 4 aromatic rings. The van der Waals surface area contributed by atoms with Gasteiger partial charge in [0, 0.05) is 27.4 Å². The zero-order chi connectivity index (χ0) is 34.8. The van der Waals surface area contributed by atoms with E-state index >= 15 is 0 Å². The highest BCUT2D eigenvalue weighted by molar-refractivity contribution is 7.15. The van der Waals surface area contributed by atoms with Gasteiger partial charge in [-0.3, -0.25) is 4.79 Å². The van der Waals surface area contributed by atoms with Gasteiger partial charge in [-0.1, -0.05) is 18.2 Å². The lowest BCUT2D eigenvalue weighted by molar-refractivity contribution is -0.151. The number of benzene rings is 1. The van der Waals surface area contributed by atoms with Gasteiger partial charge in [0.25, 0.3) is 0 Å². The number of halogens is 3. The SMILES string of the molecule is Cc1cc(COc2ccc(C3CC(C)(C)N(C(=O)C4CC4)C(C)(C)C3)cc2C)c(-c2cccc(-n3ncc(C(=O)O)c3C(F)(F)F)n2)s1. The Labute approximate surface area is 281 Å². The number of amides is 1. The third-order valence-electron chi connectivity index (χ3n) is 9.29. The molecule has 1 saturated carbocycles. The van der Waals surface area contributed by atoms with Crippen molar-refractivity contribution >= 4 is 23.2 Å². The Bertz CT molecular complexity index is 1870. The average molecular weight is 681 g/mol. The van der Waals surface area contributed by atoms with Crippen LogP contribution in [0.15, 0.2) is 48.7 Å². The molecule has 0 unspecified atom stereocenters. The second-order valence-electron chi connectivity index (χ2n) is 14.2. The molecule has 1 saturated heterocycles. The van der Waals surface area contributed by atoms with E-state index in [0.29, 0.717) is 16.6 Å². The molecule has 0 bridgehead atoms. The number of carbonyl (C=O) groups is 2. The first-order valence-corrected chi connectivity index (χ1v) is 16.8. The Balaban J connectivity index is 1.21. The van der Waals surface area contributed by atoms with Crippen LogP contribution >= 0.6 is 11.3 Å². The number of piperidine rings is 1. The summed E-state index contributed by atoms with van der Waals surface area (Å²) in [6.07, 6.45) is -0.540. The zero-order valence-electron chi connectivity index (χ0n) is 27.8. The second kappa shape index (κ2) is 12.0. The van der Waals surface area contributed by atoms with Crippen LogP contribution < -0.4 is 4.74 Å². The molecule has 0 radical (unpaired) electrons. The molecule has 2 aliphatic rings. The van der Waals surface area contributed by atoms with Gasteiger partial charge in [0.05, 0.1) is 16.8 Å². The number of likely N-dealkylation sites (tertiary alicyclic amines) is 1. The fourth-order valence-electron chi connectivity index (χ4n) is 7.38. The normalized spacial score (nSPS) is 17.8. The van der Waals surface area contributed by atoms with Crippen LogP contribution in [0.5, 0.6) is 5.75 Å². The van der Waals surface area contributed by atoms with E-state index in [1.807, 2.05) is 26.0 Å². The molecule has 8 nitrogen and oxygen atoms in total. The van der Waals surface area contributed by atoms with Crippen molar-refractivity contribution in [2.75, 3.05) is 0 Å². The third kappa shape index (κ3) is 6.46. The lowest BCUT2D eigenvalue weighted by atomic mass is 9.71. The van der Waals surface area contributed by atoms with E-state index in [1.54, 1.807) is 12.1 Å². The number of hydrogen-bond donors (Lipinski definition) is 1. The molecule has 1 aliphatic carbocycles. The summed E-state index contributed by atoms with van der Waals surface area (Å²) >= 11 is 1.44. The van der Waals surface area contributed by atoms with Crippen LogP contribution in [0, 0.1) is 19.8 Å². The highest BCUT2D eigenvalue weighted by atomic mass is 32.1. The van der Waals surface area contributed by atoms with Gasteiger partial charge >= 0.3 is 12.1 Å². The number of aryl methyl sites for hydroxylation is 2. The fourth-order valence-corrected chi connectivity index (χ4v) is 8.37. The largest absolute Gasteiger partial charge is 0.489 e. The summed E-state index contributed by atoms with van der Waals surface area (Å²) < 4.78 is 48.4. The Kier molecular flexibility index (Phi) is 8.46. The highest BCUT2D eigenvalue weighted by Crippen LogP contribution is 2.48. The van der Waals surface area contributed by atoms with E-state index < -0.39 is 23.4 Å². The average Bonchev–Trinajstić information content (AvgIpc) is 3.62. The summed E-state index contributed by atoms with van der Waals surface area (Å²) in [5, 5.41) is 13.0. The first-order valence-electron chi connectivity index (χ1n) is 16.0. The zero-order valence-corrected chi connectivity index (χ0v) is 28.6. The molecular weight excluding hydrogens is 641 g/mol. The van der Waals surface area contributed by atoms with Crippen LogP contribution in [0.4, 0.5) is 13.2 Å². The van der Waals surface area contributed by atoms with Gasteiger partial charge in [-0.2, -0.15) is 18.3 Å². The van der Waals surface area contributed by atoms with E-state index in [0.717, 1.165) is 52.3 Å². The topological polar surface area (TPSA) is 97.6 Å².